The fraction of sp³-hybridized carbons (Fsp3) is 0.688. The summed E-state index contributed by atoms with van der Waals surface area (Å²) in [7, 11) is 0. The summed E-state index contributed by atoms with van der Waals surface area (Å²) in [6.45, 7) is 6.11. The third kappa shape index (κ3) is 3.76. The summed E-state index contributed by atoms with van der Waals surface area (Å²) in [6, 6.07) is 4.14. The summed E-state index contributed by atoms with van der Waals surface area (Å²) in [5.41, 5.74) is 0.384. The molecule has 2 rings (SSSR count). The lowest BCUT2D eigenvalue weighted by Gasteiger charge is -2.36. The molecule has 5 heteroatoms. The van der Waals surface area contributed by atoms with Crippen LogP contribution in [0.25, 0.3) is 0 Å². The fourth-order valence-electron chi connectivity index (χ4n) is 3.00. The molecule has 0 spiro atoms. The van der Waals surface area contributed by atoms with Gasteiger partial charge in [0.15, 0.2) is 5.70 Å². The van der Waals surface area contributed by atoms with Crippen molar-refractivity contribution >= 4 is 5.84 Å². The summed E-state index contributed by atoms with van der Waals surface area (Å²) in [5.74, 6) is 1.26. The maximum atomic E-state index is 9.23. The van der Waals surface area contributed by atoms with Crippen molar-refractivity contribution < 1.29 is 0 Å². The van der Waals surface area contributed by atoms with Gasteiger partial charge in [0.1, 0.15) is 23.7 Å². The van der Waals surface area contributed by atoms with Crippen molar-refractivity contribution in [3.05, 3.63) is 11.4 Å². The quantitative estimate of drug-likeness (QED) is 0.775. The summed E-state index contributed by atoms with van der Waals surface area (Å²) in [6.07, 6.45) is 6.02. The monoisotopic (exact) mass is 285 g/mol. The Morgan fingerprint density at radius 1 is 1.05 bits per heavy atom. The Balaban J connectivity index is 2.35. The van der Waals surface area contributed by atoms with Gasteiger partial charge in [0, 0.05) is 0 Å². The van der Waals surface area contributed by atoms with Gasteiger partial charge in [0.05, 0.1) is 11.6 Å². The second-order valence-electron chi connectivity index (χ2n) is 6.79. The Kier molecular flexibility index (Phi) is 4.53. The molecule has 0 saturated heterocycles. The predicted octanol–water partition coefficient (Wildman–Crippen LogP) is 2.58. The normalized spacial score (nSPS) is 25.8. The standard InChI is InChI=1S/C16H23N5/c1-16(2,3)21-15-14(11-7-5-4-6-8-11)19-12(9-17)13(10-18)20-15/h11,14,19H,4-8H2,1-3H3,(H,20,21). The molecule has 1 fully saturated rings. The number of allylic oxidation sites excluding steroid dienone is 2. The number of nitrogens with zero attached hydrogens (tertiary/aromatic N) is 3. The second kappa shape index (κ2) is 6.18. The van der Waals surface area contributed by atoms with Crippen LogP contribution < -0.4 is 10.6 Å². The molecule has 0 bridgehead atoms. The van der Waals surface area contributed by atoms with E-state index >= 15 is 0 Å². The summed E-state index contributed by atoms with van der Waals surface area (Å²) >= 11 is 0. The summed E-state index contributed by atoms with van der Waals surface area (Å²) < 4.78 is 0. The minimum absolute atomic E-state index is 0.0104. The number of aliphatic imine (C=N–C) groups is 1. The van der Waals surface area contributed by atoms with Crippen molar-refractivity contribution in [3.8, 4) is 12.1 Å². The first-order valence-corrected chi connectivity index (χ1v) is 7.62. The molecule has 0 radical (unpaired) electrons. The first kappa shape index (κ1) is 15.4. The van der Waals surface area contributed by atoms with E-state index in [1.807, 2.05) is 26.8 Å². The molecule has 112 valence electrons. The highest BCUT2D eigenvalue weighted by Crippen LogP contribution is 2.29. The van der Waals surface area contributed by atoms with Gasteiger partial charge in [0.25, 0.3) is 0 Å². The summed E-state index contributed by atoms with van der Waals surface area (Å²) in [4.78, 5) is 4.74. The van der Waals surface area contributed by atoms with E-state index in [4.69, 9.17) is 4.99 Å². The molecule has 21 heavy (non-hydrogen) atoms. The van der Waals surface area contributed by atoms with Gasteiger partial charge in [-0.15, -0.1) is 0 Å². The van der Waals surface area contributed by atoms with E-state index in [1.54, 1.807) is 0 Å². The molecule has 1 atom stereocenters. The topological polar surface area (TPSA) is 84.0 Å². The van der Waals surface area contributed by atoms with E-state index in [0.29, 0.717) is 11.6 Å². The van der Waals surface area contributed by atoms with E-state index in [0.717, 1.165) is 18.7 Å². The molecule has 2 N–H and O–H groups in total. The van der Waals surface area contributed by atoms with Crippen LogP contribution in [0.4, 0.5) is 0 Å². The molecule has 2 aliphatic rings. The Morgan fingerprint density at radius 3 is 2.19 bits per heavy atom. The van der Waals surface area contributed by atoms with Crippen molar-refractivity contribution in [1.29, 1.82) is 10.5 Å². The van der Waals surface area contributed by atoms with Gasteiger partial charge in [-0.05, 0) is 39.5 Å². The van der Waals surface area contributed by atoms with Crippen LogP contribution >= 0.6 is 0 Å². The van der Waals surface area contributed by atoms with Gasteiger partial charge >= 0.3 is 0 Å². The van der Waals surface area contributed by atoms with Crippen LogP contribution in [0.5, 0.6) is 0 Å². The molecule has 1 saturated carbocycles. The highest BCUT2D eigenvalue weighted by atomic mass is 15.1. The van der Waals surface area contributed by atoms with Crippen molar-refractivity contribution in [2.75, 3.05) is 0 Å². The molecule has 0 aromatic carbocycles. The predicted molar refractivity (Wildman–Crippen MR) is 82.1 cm³/mol. The molecule has 1 unspecified atom stereocenters. The van der Waals surface area contributed by atoms with Crippen LogP contribution in [0.3, 0.4) is 0 Å². The lowest BCUT2D eigenvalue weighted by molar-refractivity contribution is 0.316. The Bertz CT molecular complexity index is 532. The van der Waals surface area contributed by atoms with Crippen molar-refractivity contribution in [2.45, 2.75) is 64.5 Å². The maximum absolute atomic E-state index is 9.23. The van der Waals surface area contributed by atoms with Crippen LogP contribution in [0.2, 0.25) is 0 Å². The highest BCUT2D eigenvalue weighted by Gasteiger charge is 2.33. The zero-order chi connectivity index (χ0) is 15.5. The molecule has 0 aromatic rings. The van der Waals surface area contributed by atoms with E-state index in [1.165, 1.54) is 19.3 Å². The van der Waals surface area contributed by atoms with Crippen LogP contribution in [0.15, 0.2) is 16.4 Å². The van der Waals surface area contributed by atoms with Gasteiger partial charge in [-0.3, -0.25) is 4.99 Å². The molecule has 0 amide bonds. The molecular weight excluding hydrogens is 262 g/mol. The second-order valence-corrected chi connectivity index (χ2v) is 6.79. The van der Waals surface area contributed by atoms with Crippen LogP contribution in [0.1, 0.15) is 52.9 Å². The zero-order valence-corrected chi connectivity index (χ0v) is 13.0. The van der Waals surface area contributed by atoms with Gasteiger partial charge < -0.3 is 10.6 Å². The SMILES string of the molecule is CC(C)(C)N=C1NC(C#N)=C(C#N)NC1C1CCCCC1. The van der Waals surface area contributed by atoms with E-state index in [2.05, 4.69) is 16.7 Å². The molecule has 1 aliphatic carbocycles. The van der Waals surface area contributed by atoms with Crippen LogP contribution in [0, 0.1) is 28.6 Å². The van der Waals surface area contributed by atoms with Gasteiger partial charge in [-0.1, -0.05) is 19.3 Å². The first-order valence-electron chi connectivity index (χ1n) is 7.62. The largest absolute Gasteiger partial charge is 0.364 e. The van der Waals surface area contributed by atoms with E-state index < -0.39 is 0 Å². The Morgan fingerprint density at radius 2 is 1.67 bits per heavy atom. The summed E-state index contributed by atoms with van der Waals surface area (Å²) in [5, 5.41) is 24.8. The van der Waals surface area contributed by atoms with Gasteiger partial charge in [-0.25, -0.2) is 0 Å². The molecular formula is C16H23N5. The number of hydrogen-bond acceptors (Lipinski definition) is 4. The lowest BCUT2D eigenvalue weighted by Crippen LogP contribution is -2.53. The number of rotatable bonds is 1. The molecule has 1 aliphatic heterocycles. The molecule has 1 heterocycles. The van der Waals surface area contributed by atoms with Crippen molar-refractivity contribution in [3.63, 3.8) is 0 Å². The minimum Gasteiger partial charge on any atom is -0.364 e. The van der Waals surface area contributed by atoms with Gasteiger partial charge in [0.2, 0.25) is 0 Å². The Labute approximate surface area is 126 Å². The smallest absolute Gasteiger partial charge is 0.153 e. The molecule has 0 aromatic heterocycles. The van der Waals surface area contributed by atoms with Crippen molar-refractivity contribution in [2.24, 2.45) is 10.9 Å². The maximum Gasteiger partial charge on any atom is 0.153 e. The molecule has 5 nitrogen and oxygen atoms in total. The van der Waals surface area contributed by atoms with Crippen LogP contribution in [-0.2, 0) is 0 Å². The Hall–Kier alpha value is -2.01. The average Bonchev–Trinajstić information content (AvgIpc) is 2.46. The number of amidine groups is 1. The number of hydrogen-bond donors (Lipinski definition) is 2. The lowest BCUT2D eigenvalue weighted by atomic mass is 9.82. The van der Waals surface area contributed by atoms with Crippen LogP contribution in [-0.4, -0.2) is 17.4 Å². The average molecular weight is 285 g/mol. The van der Waals surface area contributed by atoms with Gasteiger partial charge in [-0.2, -0.15) is 10.5 Å². The number of nitriles is 2. The third-order valence-electron chi connectivity index (χ3n) is 3.90. The fourth-order valence-corrected chi connectivity index (χ4v) is 3.00. The highest BCUT2D eigenvalue weighted by molar-refractivity contribution is 5.92. The minimum atomic E-state index is -0.221. The number of nitrogens with one attached hydrogen (secondary N) is 2. The van der Waals surface area contributed by atoms with E-state index in [9.17, 15) is 10.5 Å². The first-order chi connectivity index (χ1) is 9.94. The third-order valence-corrected chi connectivity index (χ3v) is 3.90. The zero-order valence-electron chi connectivity index (χ0n) is 13.0. The van der Waals surface area contributed by atoms with Crippen molar-refractivity contribution in [1.82, 2.24) is 10.6 Å². The van der Waals surface area contributed by atoms with E-state index in [-0.39, 0.29) is 17.3 Å².